The van der Waals surface area contributed by atoms with Crippen molar-refractivity contribution in [1.82, 2.24) is 16.0 Å². The van der Waals surface area contributed by atoms with Crippen LogP contribution in [0.2, 0.25) is 0 Å². The van der Waals surface area contributed by atoms with E-state index >= 15 is 0 Å². The van der Waals surface area contributed by atoms with Crippen LogP contribution in [-0.2, 0) is 4.79 Å². The first-order valence-corrected chi connectivity index (χ1v) is 6.90. The van der Waals surface area contributed by atoms with Crippen molar-refractivity contribution < 1.29 is 14.0 Å². The molecule has 1 atom stereocenters. The Balaban J connectivity index is 0.00000220. The van der Waals surface area contributed by atoms with Gasteiger partial charge in [-0.2, -0.15) is 0 Å². The average molecular weight is 316 g/mol. The number of hydrogen-bond donors (Lipinski definition) is 3. The molecule has 0 saturated carbocycles. The van der Waals surface area contributed by atoms with Gasteiger partial charge in [-0.1, -0.05) is 13.8 Å². The first-order valence-electron chi connectivity index (χ1n) is 6.90. The highest BCUT2D eigenvalue weighted by Gasteiger charge is 2.26. The number of hydrogen-bond acceptors (Lipinski definition) is 4. The first-order chi connectivity index (χ1) is 9.58. The summed E-state index contributed by atoms with van der Waals surface area (Å²) in [6, 6.07) is 2.66. The highest BCUT2D eigenvalue weighted by atomic mass is 35.5. The van der Waals surface area contributed by atoms with E-state index in [0.29, 0.717) is 12.5 Å². The molecule has 0 aliphatic carbocycles. The third kappa shape index (κ3) is 4.75. The number of halogens is 1. The van der Waals surface area contributed by atoms with Gasteiger partial charge in [0.05, 0.1) is 6.26 Å². The van der Waals surface area contributed by atoms with Crippen molar-refractivity contribution in [3.8, 4) is 0 Å². The van der Waals surface area contributed by atoms with E-state index in [0.717, 1.165) is 13.1 Å². The monoisotopic (exact) mass is 315 g/mol. The van der Waals surface area contributed by atoms with Crippen LogP contribution in [0.1, 0.15) is 24.4 Å². The van der Waals surface area contributed by atoms with Crippen LogP contribution >= 0.6 is 12.4 Å². The van der Waals surface area contributed by atoms with Gasteiger partial charge >= 0.3 is 0 Å². The lowest BCUT2D eigenvalue weighted by molar-refractivity contribution is -0.124. The second-order valence-electron chi connectivity index (χ2n) is 5.44. The van der Waals surface area contributed by atoms with Crippen molar-refractivity contribution in [3.63, 3.8) is 0 Å². The molecule has 3 N–H and O–H groups in total. The number of carbonyl (C=O) groups excluding carboxylic acids is 2. The first kappa shape index (κ1) is 17.5. The summed E-state index contributed by atoms with van der Waals surface area (Å²) >= 11 is 0. The highest BCUT2D eigenvalue weighted by molar-refractivity contribution is 5.95. The van der Waals surface area contributed by atoms with Gasteiger partial charge in [-0.3, -0.25) is 9.59 Å². The molecule has 1 aromatic rings. The van der Waals surface area contributed by atoms with Gasteiger partial charge in [0.2, 0.25) is 5.91 Å². The molecule has 1 aliphatic rings. The molecule has 0 aromatic carbocycles. The van der Waals surface area contributed by atoms with Gasteiger partial charge in [-0.25, -0.2) is 0 Å². The normalized spacial score (nSPS) is 15.8. The van der Waals surface area contributed by atoms with Crippen LogP contribution in [-0.4, -0.2) is 37.5 Å². The molecular weight excluding hydrogens is 294 g/mol. The summed E-state index contributed by atoms with van der Waals surface area (Å²) in [6.07, 6.45) is 1.43. The predicted octanol–water partition coefficient (Wildman–Crippen LogP) is 0.791. The van der Waals surface area contributed by atoms with E-state index in [-0.39, 0.29) is 35.9 Å². The quantitative estimate of drug-likeness (QED) is 0.725. The lowest BCUT2D eigenvalue weighted by Gasteiger charge is -2.28. The Bertz CT molecular complexity index is 458. The molecule has 2 rings (SSSR count). The molecular formula is C14H22ClN3O3. The Hall–Kier alpha value is -1.53. The van der Waals surface area contributed by atoms with E-state index in [1.165, 1.54) is 6.26 Å². The molecule has 1 aromatic heterocycles. The summed E-state index contributed by atoms with van der Waals surface area (Å²) in [5.74, 6) is 0.202. The average Bonchev–Trinajstić information content (AvgIpc) is 2.86. The van der Waals surface area contributed by atoms with Crippen LogP contribution in [0.5, 0.6) is 0 Å². The molecule has 0 bridgehead atoms. The van der Waals surface area contributed by atoms with Gasteiger partial charge in [0, 0.05) is 25.6 Å². The van der Waals surface area contributed by atoms with E-state index in [1.54, 1.807) is 12.1 Å². The van der Waals surface area contributed by atoms with Crippen molar-refractivity contribution >= 4 is 24.2 Å². The molecule has 2 amide bonds. The molecule has 1 saturated heterocycles. The number of amides is 2. The van der Waals surface area contributed by atoms with Crippen LogP contribution in [0, 0.1) is 11.8 Å². The summed E-state index contributed by atoms with van der Waals surface area (Å²) in [5, 5.41) is 8.76. The van der Waals surface area contributed by atoms with Crippen molar-refractivity contribution in [3.05, 3.63) is 24.2 Å². The predicted molar refractivity (Wildman–Crippen MR) is 81.4 cm³/mol. The standard InChI is InChI=1S/C14H21N3O3.ClH/c1-9(2)12(14(19)16-8-10-6-15-7-10)17-13(18)11-4-3-5-20-11;/h3-5,9-10,12,15H,6-8H2,1-2H3,(H,16,19)(H,17,18);1H. The van der Waals surface area contributed by atoms with Crippen LogP contribution in [0.3, 0.4) is 0 Å². The van der Waals surface area contributed by atoms with Crippen LogP contribution in [0.4, 0.5) is 0 Å². The molecule has 118 valence electrons. The van der Waals surface area contributed by atoms with Gasteiger partial charge in [0.25, 0.3) is 5.91 Å². The van der Waals surface area contributed by atoms with E-state index in [4.69, 9.17) is 4.42 Å². The lowest BCUT2D eigenvalue weighted by atomic mass is 10.0. The van der Waals surface area contributed by atoms with Gasteiger partial charge in [-0.05, 0) is 18.1 Å². The number of carbonyl (C=O) groups is 2. The zero-order valence-corrected chi connectivity index (χ0v) is 13.0. The minimum atomic E-state index is -0.555. The molecule has 0 spiro atoms. The van der Waals surface area contributed by atoms with Gasteiger partial charge < -0.3 is 20.4 Å². The Morgan fingerprint density at radius 1 is 1.43 bits per heavy atom. The zero-order chi connectivity index (χ0) is 14.5. The van der Waals surface area contributed by atoms with E-state index in [1.807, 2.05) is 13.8 Å². The summed E-state index contributed by atoms with van der Waals surface area (Å²) in [5.41, 5.74) is 0. The van der Waals surface area contributed by atoms with Crippen LogP contribution in [0.15, 0.2) is 22.8 Å². The summed E-state index contributed by atoms with van der Waals surface area (Å²) in [4.78, 5) is 24.1. The fraction of sp³-hybridized carbons (Fsp3) is 0.571. The topological polar surface area (TPSA) is 83.4 Å². The molecule has 2 heterocycles. The maximum Gasteiger partial charge on any atom is 0.287 e. The molecule has 0 radical (unpaired) electrons. The summed E-state index contributed by atoms with van der Waals surface area (Å²) in [7, 11) is 0. The fourth-order valence-corrected chi connectivity index (χ4v) is 2.00. The Morgan fingerprint density at radius 2 is 2.14 bits per heavy atom. The van der Waals surface area contributed by atoms with Crippen LogP contribution < -0.4 is 16.0 Å². The Labute approximate surface area is 130 Å². The molecule has 21 heavy (non-hydrogen) atoms. The summed E-state index contributed by atoms with van der Waals surface area (Å²) < 4.78 is 5.03. The van der Waals surface area contributed by atoms with Gasteiger partial charge in [0.1, 0.15) is 6.04 Å². The number of nitrogens with one attached hydrogen (secondary N) is 3. The number of rotatable bonds is 6. The van der Waals surface area contributed by atoms with Gasteiger partial charge in [-0.15, -0.1) is 12.4 Å². The molecule has 7 heteroatoms. The zero-order valence-electron chi connectivity index (χ0n) is 12.2. The third-order valence-electron chi connectivity index (χ3n) is 3.41. The van der Waals surface area contributed by atoms with Crippen molar-refractivity contribution in [1.29, 1.82) is 0 Å². The minimum absolute atomic E-state index is 0. The minimum Gasteiger partial charge on any atom is -0.459 e. The third-order valence-corrected chi connectivity index (χ3v) is 3.41. The van der Waals surface area contributed by atoms with E-state index in [2.05, 4.69) is 16.0 Å². The number of furan rings is 1. The molecule has 1 unspecified atom stereocenters. The maximum atomic E-state index is 12.2. The maximum absolute atomic E-state index is 12.2. The second-order valence-corrected chi connectivity index (χ2v) is 5.44. The highest BCUT2D eigenvalue weighted by Crippen LogP contribution is 2.07. The molecule has 6 nitrogen and oxygen atoms in total. The van der Waals surface area contributed by atoms with Gasteiger partial charge in [0.15, 0.2) is 5.76 Å². The lowest BCUT2D eigenvalue weighted by Crippen LogP contribution is -2.53. The molecule has 1 fully saturated rings. The van der Waals surface area contributed by atoms with Crippen molar-refractivity contribution in [2.24, 2.45) is 11.8 Å². The van der Waals surface area contributed by atoms with Crippen LogP contribution in [0.25, 0.3) is 0 Å². The fourth-order valence-electron chi connectivity index (χ4n) is 2.00. The molecule has 1 aliphatic heterocycles. The Kier molecular flexibility index (Phi) is 6.71. The largest absolute Gasteiger partial charge is 0.459 e. The smallest absolute Gasteiger partial charge is 0.287 e. The second kappa shape index (κ2) is 8.05. The SMILES string of the molecule is CC(C)C(NC(=O)c1ccco1)C(=O)NCC1CNC1.Cl. The summed E-state index contributed by atoms with van der Waals surface area (Å²) in [6.45, 7) is 6.32. The van der Waals surface area contributed by atoms with Crippen molar-refractivity contribution in [2.45, 2.75) is 19.9 Å². The van der Waals surface area contributed by atoms with E-state index in [9.17, 15) is 9.59 Å². The van der Waals surface area contributed by atoms with Crippen molar-refractivity contribution in [2.75, 3.05) is 19.6 Å². The Morgan fingerprint density at radius 3 is 2.62 bits per heavy atom. The van der Waals surface area contributed by atoms with E-state index < -0.39 is 6.04 Å².